The predicted octanol–water partition coefficient (Wildman–Crippen LogP) is 3.91. The minimum absolute atomic E-state index is 0.104. The first-order valence-corrected chi connectivity index (χ1v) is 6.53. The minimum atomic E-state index is -0.104. The number of hydrogen-bond acceptors (Lipinski definition) is 2. The lowest BCUT2D eigenvalue weighted by Crippen LogP contribution is -2.17. The molecular weight excluding hydrogens is 234 g/mol. The minimum Gasteiger partial charge on any atom is -0.475 e. The van der Waals surface area contributed by atoms with E-state index >= 15 is 0 Å². The van der Waals surface area contributed by atoms with Crippen LogP contribution in [0.3, 0.4) is 0 Å². The van der Waals surface area contributed by atoms with Crippen molar-refractivity contribution >= 4 is 5.90 Å². The second-order valence-electron chi connectivity index (χ2n) is 5.46. The molecule has 0 amide bonds. The Hall–Kier alpha value is -2.09. The Bertz CT molecular complexity index is 597. The van der Waals surface area contributed by atoms with Crippen LogP contribution in [0.25, 0.3) is 11.1 Å². The van der Waals surface area contributed by atoms with Gasteiger partial charge >= 0.3 is 0 Å². The van der Waals surface area contributed by atoms with E-state index in [2.05, 4.69) is 67.4 Å². The Morgan fingerprint density at radius 2 is 1.42 bits per heavy atom. The predicted molar refractivity (Wildman–Crippen MR) is 78.4 cm³/mol. The van der Waals surface area contributed by atoms with Gasteiger partial charge in [-0.05, 0) is 37.1 Å². The van der Waals surface area contributed by atoms with Gasteiger partial charge in [-0.2, -0.15) is 0 Å². The van der Waals surface area contributed by atoms with Gasteiger partial charge in [0.15, 0.2) is 0 Å². The monoisotopic (exact) mass is 251 g/mol. The summed E-state index contributed by atoms with van der Waals surface area (Å²) in [5.41, 5.74) is 3.38. The molecule has 0 atom stereocenters. The Balaban J connectivity index is 1.88. The lowest BCUT2D eigenvalue weighted by Gasteiger charge is -2.07. The van der Waals surface area contributed by atoms with Crippen molar-refractivity contribution < 1.29 is 4.74 Å². The first kappa shape index (κ1) is 12.0. The van der Waals surface area contributed by atoms with Crippen LogP contribution in [-0.4, -0.2) is 18.0 Å². The molecule has 0 radical (unpaired) electrons. The summed E-state index contributed by atoms with van der Waals surface area (Å²) in [5, 5.41) is 0. The van der Waals surface area contributed by atoms with Crippen LogP contribution in [0.1, 0.15) is 19.4 Å². The molecule has 3 rings (SSSR count). The zero-order valence-electron chi connectivity index (χ0n) is 11.3. The zero-order chi connectivity index (χ0) is 13.3. The van der Waals surface area contributed by atoms with Crippen molar-refractivity contribution in [1.29, 1.82) is 0 Å². The van der Waals surface area contributed by atoms with Gasteiger partial charge in [-0.1, -0.05) is 42.5 Å². The number of ether oxygens (including phenoxy) is 1. The topological polar surface area (TPSA) is 21.6 Å². The molecule has 0 spiro atoms. The average Bonchev–Trinajstić information content (AvgIpc) is 2.80. The van der Waals surface area contributed by atoms with Gasteiger partial charge in [-0.15, -0.1) is 0 Å². The van der Waals surface area contributed by atoms with Crippen molar-refractivity contribution in [2.75, 3.05) is 6.61 Å². The van der Waals surface area contributed by atoms with E-state index in [4.69, 9.17) is 4.74 Å². The first-order valence-electron chi connectivity index (χ1n) is 6.53. The maximum absolute atomic E-state index is 5.65. The van der Waals surface area contributed by atoms with Gasteiger partial charge in [0.1, 0.15) is 6.61 Å². The third kappa shape index (κ3) is 2.53. The number of nitrogens with zero attached hydrogens (tertiary/aromatic N) is 1. The van der Waals surface area contributed by atoms with Gasteiger partial charge in [-0.3, -0.25) is 0 Å². The van der Waals surface area contributed by atoms with E-state index in [1.54, 1.807) is 0 Å². The molecule has 2 nitrogen and oxygen atoms in total. The van der Waals surface area contributed by atoms with E-state index in [0.29, 0.717) is 6.61 Å². The van der Waals surface area contributed by atoms with Gasteiger partial charge in [0.25, 0.3) is 0 Å². The summed E-state index contributed by atoms with van der Waals surface area (Å²) >= 11 is 0. The standard InChI is InChI=1S/C17H17NO/c1-17(2)12-19-16(18-17)15-10-8-14(9-11-15)13-6-4-3-5-7-13/h3-11H,12H2,1-2H3. The number of aliphatic imine (C=N–C) groups is 1. The zero-order valence-corrected chi connectivity index (χ0v) is 11.3. The Labute approximate surface area is 113 Å². The van der Waals surface area contributed by atoms with E-state index in [1.807, 2.05) is 6.07 Å². The molecule has 2 aromatic carbocycles. The van der Waals surface area contributed by atoms with Crippen molar-refractivity contribution in [2.24, 2.45) is 4.99 Å². The number of benzene rings is 2. The fourth-order valence-corrected chi connectivity index (χ4v) is 2.17. The lowest BCUT2D eigenvalue weighted by molar-refractivity contribution is 0.279. The van der Waals surface area contributed by atoms with Crippen LogP contribution in [0.2, 0.25) is 0 Å². The van der Waals surface area contributed by atoms with Gasteiger partial charge in [0.05, 0.1) is 5.54 Å². The van der Waals surface area contributed by atoms with Crippen molar-refractivity contribution in [3.05, 3.63) is 60.2 Å². The van der Waals surface area contributed by atoms with E-state index in [-0.39, 0.29) is 5.54 Å². The molecule has 0 saturated carbocycles. The normalized spacial score (nSPS) is 16.8. The van der Waals surface area contributed by atoms with Gasteiger partial charge < -0.3 is 4.74 Å². The van der Waals surface area contributed by atoms with Crippen molar-refractivity contribution in [2.45, 2.75) is 19.4 Å². The molecule has 0 aliphatic carbocycles. The summed E-state index contributed by atoms with van der Waals surface area (Å²) in [6.07, 6.45) is 0. The highest BCUT2D eigenvalue weighted by atomic mass is 16.5. The maximum atomic E-state index is 5.65. The molecule has 0 saturated heterocycles. The van der Waals surface area contributed by atoms with Crippen LogP contribution in [0, 0.1) is 0 Å². The molecule has 96 valence electrons. The summed E-state index contributed by atoms with van der Waals surface area (Å²) in [6, 6.07) is 18.7. The maximum Gasteiger partial charge on any atom is 0.216 e. The Morgan fingerprint density at radius 3 is 2.00 bits per heavy atom. The second kappa shape index (κ2) is 4.54. The molecule has 0 fully saturated rings. The largest absolute Gasteiger partial charge is 0.475 e. The smallest absolute Gasteiger partial charge is 0.216 e. The highest BCUT2D eigenvalue weighted by Crippen LogP contribution is 2.23. The van der Waals surface area contributed by atoms with Crippen LogP contribution in [0.4, 0.5) is 0 Å². The van der Waals surface area contributed by atoms with Crippen LogP contribution in [0.5, 0.6) is 0 Å². The Morgan fingerprint density at radius 1 is 0.842 bits per heavy atom. The van der Waals surface area contributed by atoms with Crippen molar-refractivity contribution in [3.8, 4) is 11.1 Å². The Kier molecular flexibility index (Phi) is 2.86. The fraction of sp³-hybridized carbons (Fsp3) is 0.235. The van der Waals surface area contributed by atoms with Crippen molar-refractivity contribution in [3.63, 3.8) is 0 Å². The summed E-state index contributed by atoms with van der Waals surface area (Å²) < 4.78 is 5.65. The van der Waals surface area contributed by atoms with E-state index in [9.17, 15) is 0 Å². The summed E-state index contributed by atoms with van der Waals surface area (Å²) in [4.78, 5) is 4.59. The third-order valence-electron chi connectivity index (χ3n) is 3.21. The molecule has 19 heavy (non-hydrogen) atoms. The number of hydrogen-bond donors (Lipinski definition) is 0. The summed E-state index contributed by atoms with van der Waals surface area (Å²) in [6.45, 7) is 4.82. The van der Waals surface area contributed by atoms with Crippen molar-refractivity contribution in [1.82, 2.24) is 0 Å². The fourth-order valence-electron chi connectivity index (χ4n) is 2.17. The van der Waals surface area contributed by atoms with Crippen LogP contribution in [-0.2, 0) is 4.74 Å². The molecule has 1 aliphatic rings. The number of rotatable bonds is 2. The highest BCUT2D eigenvalue weighted by Gasteiger charge is 2.26. The molecule has 1 aliphatic heterocycles. The van der Waals surface area contributed by atoms with Crippen LogP contribution in [0.15, 0.2) is 59.6 Å². The van der Waals surface area contributed by atoms with Gasteiger partial charge in [0.2, 0.25) is 5.90 Å². The average molecular weight is 251 g/mol. The highest BCUT2D eigenvalue weighted by molar-refractivity contribution is 5.95. The summed E-state index contributed by atoms with van der Waals surface area (Å²) in [7, 11) is 0. The SMILES string of the molecule is CC1(C)COC(c2ccc(-c3ccccc3)cc2)=N1. The first-order chi connectivity index (χ1) is 9.14. The van der Waals surface area contributed by atoms with E-state index < -0.39 is 0 Å². The molecule has 0 aromatic heterocycles. The van der Waals surface area contributed by atoms with E-state index in [0.717, 1.165) is 11.5 Å². The molecular formula is C17H17NO. The van der Waals surface area contributed by atoms with Crippen LogP contribution >= 0.6 is 0 Å². The van der Waals surface area contributed by atoms with Gasteiger partial charge in [0, 0.05) is 5.56 Å². The second-order valence-corrected chi connectivity index (χ2v) is 5.46. The van der Waals surface area contributed by atoms with E-state index in [1.165, 1.54) is 11.1 Å². The third-order valence-corrected chi connectivity index (χ3v) is 3.21. The molecule has 2 heteroatoms. The quantitative estimate of drug-likeness (QED) is 0.793. The molecule has 0 N–H and O–H groups in total. The van der Waals surface area contributed by atoms with Crippen LogP contribution < -0.4 is 0 Å². The molecule has 0 unspecified atom stereocenters. The lowest BCUT2D eigenvalue weighted by atomic mass is 10.0. The summed E-state index contributed by atoms with van der Waals surface area (Å²) in [5.74, 6) is 0.754. The molecule has 0 bridgehead atoms. The van der Waals surface area contributed by atoms with Gasteiger partial charge in [-0.25, -0.2) is 4.99 Å². The molecule has 1 heterocycles. The molecule has 2 aromatic rings.